The number of hydrogen-bond acceptors (Lipinski definition) is 2. The summed E-state index contributed by atoms with van der Waals surface area (Å²) in [6, 6.07) is 0. The molecule has 0 spiro atoms. The van der Waals surface area contributed by atoms with Crippen LogP contribution >= 0.6 is 0 Å². The first kappa shape index (κ1) is 16.5. The van der Waals surface area contributed by atoms with Crippen molar-refractivity contribution in [2.75, 3.05) is 13.1 Å². The summed E-state index contributed by atoms with van der Waals surface area (Å²) in [6.45, 7) is 10.6. The molecule has 1 saturated carbocycles. The summed E-state index contributed by atoms with van der Waals surface area (Å²) >= 11 is 0. The van der Waals surface area contributed by atoms with Gasteiger partial charge in [0.05, 0.1) is 0 Å². The lowest BCUT2D eigenvalue weighted by molar-refractivity contribution is -0.126. The predicted octanol–water partition coefficient (Wildman–Crippen LogP) is 2.80. The zero-order valence-electron chi connectivity index (χ0n) is 13.1. The van der Waals surface area contributed by atoms with Crippen LogP contribution in [0.4, 0.5) is 0 Å². The number of nitrogens with one attached hydrogen (secondary N) is 1. The lowest BCUT2D eigenvalue weighted by Gasteiger charge is -2.29. The van der Waals surface area contributed by atoms with Gasteiger partial charge in [0.15, 0.2) is 0 Å². The zero-order chi connectivity index (χ0) is 14.4. The van der Waals surface area contributed by atoms with Crippen molar-refractivity contribution < 1.29 is 4.79 Å². The fourth-order valence-corrected chi connectivity index (χ4v) is 3.26. The molecule has 1 aliphatic carbocycles. The quantitative estimate of drug-likeness (QED) is 0.778. The molecule has 0 aromatic heterocycles. The van der Waals surface area contributed by atoms with Crippen LogP contribution in [0.3, 0.4) is 0 Å². The van der Waals surface area contributed by atoms with E-state index < -0.39 is 0 Å². The minimum atomic E-state index is 0.225. The standard InChI is InChI=1S/C16H32N2O/c1-11(2)15(12(3)4)10-18-16(19)14-7-5-13(9-17)6-8-14/h11-15H,5-10,17H2,1-4H3,(H,18,19). The molecule has 19 heavy (non-hydrogen) atoms. The molecule has 1 rings (SSSR count). The van der Waals surface area contributed by atoms with Gasteiger partial charge in [0, 0.05) is 12.5 Å². The Hall–Kier alpha value is -0.570. The van der Waals surface area contributed by atoms with Gasteiger partial charge in [-0.2, -0.15) is 0 Å². The fraction of sp³-hybridized carbons (Fsp3) is 0.938. The molecule has 112 valence electrons. The highest BCUT2D eigenvalue weighted by Gasteiger charge is 2.26. The van der Waals surface area contributed by atoms with Gasteiger partial charge in [-0.25, -0.2) is 0 Å². The summed E-state index contributed by atoms with van der Waals surface area (Å²) in [5.41, 5.74) is 5.69. The first-order valence-corrected chi connectivity index (χ1v) is 7.93. The molecule has 0 atom stereocenters. The molecule has 0 unspecified atom stereocenters. The van der Waals surface area contributed by atoms with Crippen LogP contribution < -0.4 is 11.1 Å². The first-order chi connectivity index (χ1) is 8.95. The molecule has 3 N–H and O–H groups in total. The monoisotopic (exact) mass is 268 g/mol. The van der Waals surface area contributed by atoms with Crippen LogP contribution in [0.15, 0.2) is 0 Å². The van der Waals surface area contributed by atoms with Gasteiger partial charge in [-0.1, -0.05) is 27.7 Å². The third kappa shape index (κ3) is 5.13. The van der Waals surface area contributed by atoms with Crippen molar-refractivity contribution in [1.82, 2.24) is 5.32 Å². The van der Waals surface area contributed by atoms with Crippen LogP contribution in [-0.4, -0.2) is 19.0 Å². The van der Waals surface area contributed by atoms with Crippen molar-refractivity contribution >= 4 is 5.91 Å². The minimum Gasteiger partial charge on any atom is -0.356 e. The molecule has 0 bridgehead atoms. The topological polar surface area (TPSA) is 55.1 Å². The predicted molar refractivity (Wildman–Crippen MR) is 80.7 cm³/mol. The van der Waals surface area contributed by atoms with Crippen molar-refractivity contribution in [1.29, 1.82) is 0 Å². The molecule has 1 fully saturated rings. The summed E-state index contributed by atoms with van der Waals surface area (Å²) in [5.74, 6) is 2.94. The van der Waals surface area contributed by atoms with Crippen LogP contribution in [0.5, 0.6) is 0 Å². The Bertz CT molecular complexity index is 260. The highest BCUT2D eigenvalue weighted by Crippen LogP contribution is 2.28. The molecule has 0 aromatic rings. The van der Waals surface area contributed by atoms with E-state index in [1.54, 1.807) is 0 Å². The average molecular weight is 268 g/mol. The van der Waals surface area contributed by atoms with Gasteiger partial charge in [0.2, 0.25) is 5.91 Å². The number of carbonyl (C=O) groups excluding carboxylic acids is 1. The molecule has 0 heterocycles. The molecular formula is C16H32N2O. The number of nitrogens with two attached hydrogens (primary N) is 1. The van der Waals surface area contributed by atoms with Gasteiger partial charge in [0.1, 0.15) is 0 Å². The van der Waals surface area contributed by atoms with E-state index in [0.29, 0.717) is 23.7 Å². The summed E-state index contributed by atoms with van der Waals surface area (Å²) in [6.07, 6.45) is 4.27. The number of rotatable bonds is 6. The molecule has 0 aliphatic heterocycles. The third-order valence-electron chi connectivity index (χ3n) is 4.78. The van der Waals surface area contributed by atoms with Gasteiger partial charge >= 0.3 is 0 Å². The lowest BCUT2D eigenvalue weighted by atomic mass is 9.81. The molecule has 3 heteroatoms. The Morgan fingerprint density at radius 1 is 1.11 bits per heavy atom. The summed E-state index contributed by atoms with van der Waals surface area (Å²) in [5, 5.41) is 3.18. The maximum atomic E-state index is 12.2. The SMILES string of the molecule is CC(C)C(CNC(=O)C1CCC(CN)CC1)C(C)C. The van der Waals surface area contributed by atoms with Crippen LogP contribution in [0.2, 0.25) is 0 Å². The molecule has 3 nitrogen and oxygen atoms in total. The van der Waals surface area contributed by atoms with E-state index in [1.165, 1.54) is 0 Å². The van der Waals surface area contributed by atoms with E-state index in [9.17, 15) is 4.79 Å². The van der Waals surface area contributed by atoms with E-state index in [2.05, 4.69) is 33.0 Å². The van der Waals surface area contributed by atoms with Crippen molar-refractivity contribution in [3.8, 4) is 0 Å². The molecular weight excluding hydrogens is 236 g/mol. The van der Waals surface area contributed by atoms with E-state index in [1.807, 2.05) is 0 Å². The Kier molecular flexibility index (Phi) is 6.84. The lowest BCUT2D eigenvalue weighted by Crippen LogP contribution is -2.39. The van der Waals surface area contributed by atoms with E-state index in [4.69, 9.17) is 5.73 Å². The van der Waals surface area contributed by atoms with Gasteiger partial charge in [-0.15, -0.1) is 0 Å². The highest BCUT2D eigenvalue weighted by molar-refractivity contribution is 5.78. The number of amides is 1. The van der Waals surface area contributed by atoms with Crippen LogP contribution in [0, 0.1) is 29.6 Å². The Morgan fingerprint density at radius 2 is 1.63 bits per heavy atom. The van der Waals surface area contributed by atoms with Crippen LogP contribution in [-0.2, 0) is 4.79 Å². The van der Waals surface area contributed by atoms with Crippen LogP contribution in [0.25, 0.3) is 0 Å². The molecule has 0 saturated heterocycles. The second kappa shape index (κ2) is 7.88. The third-order valence-corrected chi connectivity index (χ3v) is 4.78. The highest BCUT2D eigenvalue weighted by atomic mass is 16.1. The zero-order valence-corrected chi connectivity index (χ0v) is 13.1. The van der Waals surface area contributed by atoms with Gasteiger partial charge in [-0.05, 0) is 55.9 Å². The van der Waals surface area contributed by atoms with E-state index in [0.717, 1.165) is 38.8 Å². The Morgan fingerprint density at radius 3 is 2.05 bits per heavy atom. The van der Waals surface area contributed by atoms with E-state index >= 15 is 0 Å². The van der Waals surface area contributed by atoms with Crippen molar-refractivity contribution in [2.24, 2.45) is 35.3 Å². The summed E-state index contributed by atoms with van der Waals surface area (Å²) in [7, 11) is 0. The van der Waals surface area contributed by atoms with Gasteiger partial charge in [0.25, 0.3) is 0 Å². The summed E-state index contributed by atoms with van der Waals surface area (Å²) in [4.78, 5) is 12.2. The maximum absolute atomic E-state index is 12.2. The van der Waals surface area contributed by atoms with E-state index in [-0.39, 0.29) is 11.8 Å². The van der Waals surface area contributed by atoms with Crippen molar-refractivity contribution in [3.05, 3.63) is 0 Å². The Labute approximate surface area is 118 Å². The van der Waals surface area contributed by atoms with Gasteiger partial charge in [-0.3, -0.25) is 4.79 Å². The second-order valence-corrected chi connectivity index (χ2v) is 6.85. The van der Waals surface area contributed by atoms with Gasteiger partial charge < -0.3 is 11.1 Å². The van der Waals surface area contributed by atoms with Crippen LogP contribution in [0.1, 0.15) is 53.4 Å². The number of hydrogen-bond donors (Lipinski definition) is 2. The normalized spacial score (nSPS) is 24.2. The number of carbonyl (C=O) groups is 1. The molecule has 1 amide bonds. The molecule has 0 aromatic carbocycles. The minimum absolute atomic E-state index is 0.225. The Balaban J connectivity index is 2.35. The average Bonchev–Trinajstić information content (AvgIpc) is 2.38. The largest absolute Gasteiger partial charge is 0.356 e. The maximum Gasteiger partial charge on any atom is 0.223 e. The van der Waals surface area contributed by atoms with Crippen molar-refractivity contribution in [3.63, 3.8) is 0 Å². The summed E-state index contributed by atoms with van der Waals surface area (Å²) < 4.78 is 0. The molecule has 0 radical (unpaired) electrons. The van der Waals surface area contributed by atoms with Crippen molar-refractivity contribution in [2.45, 2.75) is 53.4 Å². The smallest absolute Gasteiger partial charge is 0.223 e. The fourth-order valence-electron chi connectivity index (χ4n) is 3.26. The first-order valence-electron chi connectivity index (χ1n) is 7.93. The second-order valence-electron chi connectivity index (χ2n) is 6.85. The molecule has 1 aliphatic rings.